The first-order chi connectivity index (χ1) is 9.22. The van der Waals surface area contributed by atoms with Crippen LogP contribution >= 0.6 is 33.2 Å². The van der Waals surface area contributed by atoms with Gasteiger partial charge in [-0.05, 0) is 30.5 Å². The quantitative estimate of drug-likeness (QED) is 0.547. The summed E-state index contributed by atoms with van der Waals surface area (Å²) in [4.78, 5) is 11.7. The predicted molar refractivity (Wildman–Crippen MR) is 88.0 cm³/mol. The predicted octanol–water partition coefficient (Wildman–Crippen LogP) is 4.18. The molecule has 0 aliphatic carbocycles. The molecule has 5 heteroatoms. The van der Waals surface area contributed by atoms with Gasteiger partial charge in [0.1, 0.15) is 0 Å². The number of nitrogens with one attached hydrogen (secondary N) is 1. The number of carbonyl (C=O) groups is 1. The van der Waals surface area contributed by atoms with Gasteiger partial charge in [0, 0.05) is 23.1 Å². The van der Waals surface area contributed by atoms with Crippen LogP contribution in [0.1, 0.15) is 25.3 Å². The highest BCUT2D eigenvalue weighted by Crippen LogP contribution is 2.22. The van der Waals surface area contributed by atoms with Gasteiger partial charge in [-0.15, -0.1) is 0 Å². The molecule has 0 heterocycles. The third-order valence-corrected chi connectivity index (χ3v) is 5.32. The lowest BCUT2D eigenvalue weighted by atomic mass is 10.1. The Morgan fingerprint density at radius 1 is 1.21 bits per heavy atom. The molecule has 0 atom stereocenters. The molecule has 0 aliphatic rings. The van der Waals surface area contributed by atoms with Gasteiger partial charge in [0.25, 0.3) is 0 Å². The molecule has 0 saturated carbocycles. The van der Waals surface area contributed by atoms with Crippen molar-refractivity contribution in [1.29, 1.82) is 0 Å². The van der Waals surface area contributed by atoms with Crippen LogP contribution in [0.2, 0.25) is 5.02 Å². The lowest BCUT2D eigenvalue weighted by Gasteiger charge is -2.05. The first kappa shape index (κ1) is 16.7. The molecule has 1 aromatic rings. The molecule has 2 nitrogen and oxygen atoms in total. The van der Waals surface area contributed by atoms with Gasteiger partial charge in [0.05, 0.1) is 6.42 Å². The Kier molecular flexibility index (Phi) is 9.22. The summed E-state index contributed by atoms with van der Waals surface area (Å²) in [6, 6.07) is 7.40. The summed E-state index contributed by atoms with van der Waals surface area (Å²) < 4.78 is 0. The molecule has 0 unspecified atom stereocenters. The summed E-state index contributed by atoms with van der Waals surface area (Å²) >= 11 is 5.80. The van der Waals surface area contributed by atoms with Crippen molar-refractivity contribution >= 4 is 39.1 Å². The lowest BCUT2D eigenvalue weighted by Crippen LogP contribution is -2.26. The highest BCUT2D eigenvalue weighted by atomic mass is 35.5. The summed E-state index contributed by atoms with van der Waals surface area (Å²) in [7, 11) is 3.79. The van der Waals surface area contributed by atoms with E-state index in [2.05, 4.69) is 12.2 Å². The Bertz CT molecular complexity index is 370. The molecule has 0 radical (unpaired) electrons. The van der Waals surface area contributed by atoms with Gasteiger partial charge >= 0.3 is 0 Å². The number of amides is 1. The molecule has 0 bridgehead atoms. The average Bonchev–Trinajstić information content (AvgIpc) is 2.40. The van der Waals surface area contributed by atoms with Gasteiger partial charge in [-0.2, -0.15) is 0 Å². The summed E-state index contributed by atoms with van der Waals surface area (Å²) in [5.74, 6) is 2.37. The molecule has 19 heavy (non-hydrogen) atoms. The number of rotatable bonds is 9. The maximum Gasteiger partial charge on any atom is 0.224 e. The van der Waals surface area contributed by atoms with Crippen LogP contribution < -0.4 is 5.32 Å². The largest absolute Gasteiger partial charge is 0.356 e. The second kappa shape index (κ2) is 10.5. The zero-order chi connectivity index (χ0) is 13.9. The third-order valence-electron chi connectivity index (χ3n) is 2.38. The minimum Gasteiger partial charge on any atom is -0.356 e. The Balaban J connectivity index is 2.06. The van der Waals surface area contributed by atoms with Crippen molar-refractivity contribution in [1.82, 2.24) is 5.32 Å². The Labute approximate surface area is 128 Å². The van der Waals surface area contributed by atoms with Gasteiger partial charge in [-0.3, -0.25) is 4.79 Å². The molecule has 1 amide bonds. The van der Waals surface area contributed by atoms with Crippen LogP contribution in [0.5, 0.6) is 0 Å². The van der Waals surface area contributed by atoms with Gasteiger partial charge < -0.3 is 5.32 Å². The van der Waals surface area contributed by atoms with Gasteiger partial charge in [0.2, 0.25) is 5.91 Å². The van der Waals surface area contributed by atoms with E-state index in [1.807, 2.05) is 45.9 Å². The molecule has 0 saturated heterocycles. The zero-order valence-corrected chi connectivity index (χ0v) is 13.5. The van der Waals surface area contributed by atoms with E-state index in [1.54, 1.807) is 0 Å². The van der Waals surface area contributed by atoms with E-state index in [1.165, 1.54) is 12.2 Å². The van der Waals surface area contributed by atoms with E-state index in [9.17, 15) is 4.79 Å². The van der Waals surface area contributed by atoms with Gasteiger partial charge in [-0.25, -0.2) is 0 Å². The Morgan fingerprint density at radius 2 is 1.89 bits per heavy atom. The van der Waals surface area contributed by atoms with Crippen LogP contribution in [0.25, 0.3) is 0 Å². The molecule has 106 valence electrons. The summed E-state index contributed by atoms with van der Waals surface area (Å²) in [6.07, 6.45) is 2.66. The summed E-state index contributed by atoms with van der Waals surface area (Å²) in [5.41, 5.74) is 0.995. The highest BCUT2D eigenvalue weighted by Gasteiger charge is 2.02. The maximum atomic E-state index is 11.7. The van der Waals surface area contributed by atoms with Crippen molar-refractivity contribution in [2.24, 2.45) is 0 Å². The monoisotopic (exact) mass is 317 g/mol. The summed E-state index contributed by atoms with van der Waals surface area (Å²) in [5, 5.41) is 3.64. The summed E-state index contributed by atoms with van der Waals surface area (Å²) in [6.45, 7) is 2.94. The molecule has 1 N–H and O–H groups in total. The number of hydrogen-bond acceptors (Lipinski definition) is 3. The van der Waals surface area contributed by atoms with Crippen LogP contribution in [0.15, 0.2) is 24.3 Å². The molecule has 0 fully saturated rings. The number of benzene rings is 1. The van der Waals surface area contributed by atoms with Crippen molar-refractivity contribution in [2.75, 3.05) is 18.1 Å². The fourth-order valence-electron chi connectivity index (χ4n) is 1.41. The Morgan fingerprint density at radius 3 is 2.58 bits per heavy atom. The fourth-order valence-corrected chi connectivity index (χ4v) is 3.76. The van der Waals surface area contributed by atoms with E-state index in [4.69, 9.17) is 11.6 Å². The molecule has 1 aromatic carbocycles. The average molecular weight is 318 g/mol. The van der Waals surface area contributed by atoms with E-state index in [0.717, 1.165) is 24.3 Å². The van der Waals surface area contributed by atoms with Gasteiger partial charge in [-0.1, -0.05) is 52.2 Å². The fraction of sp³-hybridized carbons (Fsp3) is 0.500. The number of carbonyl (C=O) groups excluding carboxylic acids is 1. The van der Waals surface area contributed by atoms with Crippen LogP contribution in [-0.4, -0.2) is 24.0 Å². The van der Waals surface area contributed by atoms with Gasteiger partial charge in [0.15, 0.2) is 0 Å². The van der Waals surface area contributed by atoms with Crippen molar-refractivity contribution in [2.45, 2.75) is 26.2 Å². The second-order valence-corrected chi connectivity index (χ2v) is 7.29. The SMILES string of the molecule is CCCSSCCCNC(=O)Cc1ccc(Cl)cc1. The molecular weight excluding hydrogens is 298 g/mol. The molecule has 1 rings (SSSR count). The van der Waals surface area contributed by atoms with E-state index in [-0.39, 0.29) is 5.91 Å². The van der Waals surface area contributed by atoms with Crippen LogP contribution in [-0.2, 0) is 11.2 Å². The number of hydrogen-bond donors (Lipinski definition) is 1. The van der Waals surface area contributed by atoms with E-state index < -0.39 is 0 Å². The van der Waals surface area contributed by atoms with E-state index >= 15 is 0 Å². The van der Waals surface area contributed by atoms with Crippen LogP contribution in [0.3, 0.4) is 0 Å². The molecular formula is C14H20ClNOS2. The smallest absolute Gasteiger partial charge is 0.224 e. The topological polar surface area (TPSA) is 29.1 Å². The Hall–Kier alpha value is -0.320. The number of halogens is 1. The normalized spacial score (nSPS) is 10.4. The van der Waals surface area contributed by atoms with Crippen LogP contribution in [0.4, 0.5) is 0 Å². The highest BCUT2D eigenvalue weighted by molar-refractivity contribution is 8.76. The lowest BCUT2D eigenvalue weighted by molar-refractivity contribution is -0.120. The maximum absolute atomic E-state index is 11.7. The minimum atomic E-state index is 0.0773. The first-order valence-corrected chi connectivity index (χ1v) is 9.34. The van der Waals surface area contributed by atoms with Crippen molar-refractivity contribution < 1.29 is 4.79 Å². The third kappa shape index (κ3) is 8.45. The van der Waals surface area contributed by atoms with Crippen LogP contribution in [0, 0.1) is 0 Å². The molecule has 0 aromatic heterocycles. The minimum absolute atomic E-state index is 0.0773. The van der Waals surface area contributed by atoms with E-state index in [0.29, 0.717) is 11.4 Å². The molecule has 0 aliphatic heterocycles. The van der Waals surface area contributed by atoms with Crippen molar-refractivity contribution in [3.8, 4) is 0 Å². The first-order valence-electron chi connectivity index (χ1n) is 6.48. The second-order valence-electron chi connectivity index (χ2n) is 4.15. The zero-order valence-electron chi connectivity index (χ0n) is 11.2. The van der Waals surface area contributed by atoms with Crippen molar-refractivity contribution in [3.63, 3.8) is 0 Å². The molecule has 0 spiro atoms. The standard InChI is InChI=1S/C14H20ClNOS2/c1-2-9-18-19-10-3-8-16-14(17)11-12-4-6-13(15)7-5-12/h4-7H,2-3,8-11H2,1H3,(H,16,17). The van der Waals surface area contributed by atoms with Crippen molar-refractivity contribution in [3.05, 3.63) is 34.9 Å².